The van der Waals surface area contributed by atoms with Crippen LogP contribution in [0.3, 0.4) is 0 Å². The molecular weight excluding hydrogens is 351 g/mol. The van der Waals surface area contributed by atoms with Gasteiger partial charge in [0.2, 0.25) is 0 Å². The molecule has 0 aliphatic rings. The quantitative estimate of drug-likeness (QED) is 0.554. The molecule has 0 aliphatic carbocycles. The number of nitrogens with zero attached hydrogens (tertiary/aromatic N) is 4. The smallest absolute Gasteiger partial charge is 0.246 e. The number of fused-ring (bicyclic) bond motifs is 1. The van der Waals surface area contributed by atoms with Crippen LogP contribution in [0.25, 0.3) is 5.65 Å². The summed E-state index contributed by atoms with van der Waals surface area (Å²) in [6.07, 6.45) is 3.17. The maximum absolute atomic E-state index is 13.1. The van der Waals surface area contributed by atoms with Gasteiger partial charge in [-0.1, -0.05) is 41.6 Å². The van der Waals surface area contributed by atoms with E-state index in [4.69, 9.17) is 0 Å². The van der Waals surface area contributed by atoms with Crippen LogP contribution in [-0.4, -0.2) is 19.2 Å². The van der Waals surface area contributed by atoms with Gasteiger partial charge in [-0.3, -0.25) is 0 Å². The lowest BCUT2D eigenvalue weighted by Gasteiger charge is -2.01. The van der Waals surface area contributed by atoms with Crippen molar-refractivity contribution in [2.24, 2.45) is 0 Å². The zero-order valence-electron chi connectivity index (χ0n) is 14.0. The van der Waals surface area contributed by atoms with E-state index in [2.05, 4.69) is 10.1 Å². The lowest BCUT2D eigenvalue weighted by molar-refractivity contribution is 0.626. The summed E-state index contributed by atoms with van der Waals surface area (Å²) in [5.74, 6) is -0.292. The van der Waals surface area contributed by atoms with Gasteiger partial charge in [0.1, 0.15) is 10.8 Å². The highest BCUT2D eigenvalue weighted by atomic mass is 32.2. The molecule has 0 atom stereocenters. The molecule has 0 saturated carbocycles. The molecule has 0 aliphatic heterocycles. The van der Waals surface area contributed by atoms with E-state index in [1.165, 1.54) is 33.0 Å². The second kappa shape index (κ2) is 6.76. The predicted octanol–water partition coefficient (Wildman–Crippen LogP) is 3.54. The van der Waals surface area contributed by atoms with E-state index in [1.54, 1.807) is 24.5 Å². The summed E-state index contributed by atoms with van der Waals surface area (Å²) in [6, 6.07) is 14.1. The van der Waals surface area contributed by atoms with Crippen LogP contribution >= 0.6 is 11.8 Å². The summed E-state index contributed by atoms with van der Waals surface area (Å²) in [5.41, 5.74) is 2.41. The van der Waals surface area contributed by atoms with E-state index < -0.39 is 0 Å². The van der Waals surface area contributed by atoms with E-state index in [0.29, 0.717) is 17.2 Å². The topological polar surface area (TPSA) is 52.2 Å². The highest BCUT2D eigenvalue weighted by Crippen LogP contribution is 2.28. The van der Waals surface area contributed by atoms with Crippen molar-refractivity contribution in [1.82, 2.24) is 19.2 Å². The molecule has 0 spiro atoms. The summed E-state index contributed by atoms with van der Waals surface area (Å²) in [7, 11) is 0. The largest absolute Gasteiger partial charge is 0.350 e. The number of halogens is 1. The Morgan fingerprint density at radius 1 is 1.15 bits per heavy atom. The fourth-order valence-corrected chi connectivity index (χ4v) is 3.54. The first-order valence-electron chi connectivity index (χ1n) is 8.03. The van der Waals surface area contributed by atoms with Crippen LogP contribution in [0.2, 0.25) is 0 Å². The van der Waals surface area contributed by atoms with Gasteiger partial charge in [-0.25, -0.2) is 23.3 Å². The Morgan fingerprint density at radius 3 is 2.73 bits per heavy atom. The van der Waals surface area contributed by atoms with Crippen LogP contribution in [0.1, 0.15) is 11.1 Å². The van der Waals surface area contributed by atoms with Gasteiger partial charge < -0.3 is 0 Å². The van der Waals surface area contributed by atoms with E-state index in [9.17, 15) is 9.18 Å². The van der Waals surface area contributed by atoms with Crippen molar-refractivity contribution in [3.05, 3.63) is 88.4 Å². The first-order chi connectivity index (χ1) is 12.6. The molecule has 0 saturated heterocycles. The maximum Gasteiger partial charge on any atom is 0.350 e. The Hall–Kier alpha value is -2.93. The highest BCUT2D eigenvalue weighted by molar-refractivity contribution is 7.99. The fourth-order valence-electron chi connectivity index (χ4n) is 2.70. The second-order valence-electron chi connectivity index (χ2n) is 5.91. The van der Waals surface area contributed by atoms with Crippen LogP contribution in [0.15, 0.2) is 75.6 Å². The molecule has 4 aromatic rings. The second-order valence-corrected chi connectivity index (χ2v) is 6.97. The molecule has 2 heterocycles. The van der Waals surface area contributed by atoms with Gasteiger partial charge in [-0.05, 0) is 36.8 Å². The number of aromatic nitrogens is 4. The maximum atomic E-state index is 13.1. The van der Waals surface area contributed by atoms with E-state index in [1.807, 2.05) is 31.2 Å². The number of hydrogen-bond donors (Lipinski definition) is 0. The third-order valence-corrected chi connectivity index (χ3v) is 4.90. The Labute approximate surface area is 153 Å². The third kappa shape index (κ3) is 3.25. The lowest BCUT2D eigenvalue weighted by Crippen LogP contribution is -2.21. The summed E-state index contributed by atoms with van der Waals surface area (Å²) >= 11 is 1.34. The minimum Gasteiger partial charge on any atom is -0.246 e. The van der Waals surface area contributed by atoms with Crippen molar-refractivity contribution < 1.29 is 4.39 Å². The van der Waals surface area contributed by atoms with E-state index >= 15 is 0 Å². The minimum atomic E-state index is -0.292. The zero-order valence-corrected chi connectivity index (χ0v) is 14.8. The fraction of sp³-hybridized carbons (Fsp3) is 0.105. The average Bonchev–Trinajstić information content (AvgIpc) is 2.94. The number of rotatable bonds is 4. The van der Waals surface area contributed by atoms with Crippen molar-refractivity contribution in [3.63, 3.8) is 0 Å². The first kappa shape index (κ1) is 16.5. The SMILES string of the molecule is Cc1cccc(Cn2nc3c(Sc4ccc(F)cc4)nccn3c2=O)c1. The summed E-state index contributed by atoms with van der Waals surface area (Å²) in [5, 5.41) is 5.06. The molecule has 0 amide bonds. The zero-order chi connectivity index (χ0) is 18.1. The molecule has 2 aromatic heterocycles. The molecule has 5 nitrogen and oxygen atoms in total. The molecule has 4 rings (SSSR count). The number of hydrogen-bond acceptors (Lipinski definition) is 4. The van der Waals surface area contributed by atoms with Gasteiger partial charge in [-0.15, -0.1) is 5.10 Å². The summed E-state index contributed by atoms with van der Waals surface area (Å²) < 4.78 is 16.0. The molecule has 0 unspecified atom stereocenters. The molecule has 0 N–H and O–H groups in total. The van der Waals surface area contributed by atoms with Gasteiger partial charge in [0.15, 0.2) is 5.65 Å². The van der Waals surface area contributed by atoms with Crippen LogP contribution < -0.4 is 5.69 Å². The molecule has 0 bridgehead atoms. The number of aryl methyl sites for hydroxylation is 1. The predicted molar refractivity (Wildman–Crippen MR) is 98.1 cm³/mol. The molecule has 0 fully saturated rings. The van der Waals surface area contributed by atoms with Crippen molar-refractivity contribution in [2.75, 3.05) is 0 Å². The molecule has 7 heteroatoms. The molecular formula is C19H15FN4OS. The average molecular weight is 366 g/mol. The van der Waals surface area contributed by atoms with Gasteiger partial charge in [0.05, 0.1) is 6.54 Å². The van der Waals surface area contributed by atoms with Crippen LogP contribution in [0, 0.1) is 12.7 Å². The Balaban J connectivity index is 1.72. The van der Waals surface area contributed by atoms with Gasteiger partial charge >= 0.3 is 5.69 Å². The normalized spacial score (nSPS) is 11.2. The minimum absolute atomic E-state index is 0.218. The molecule has 26 heavy (non-hydrogen) atoms. The van der Waals surface area contributed by atoms with Crippen molar-refractivity contribution in [1.29, 1.82) is 0 Å². The number of benzene rings is 2. The standard InChI is InChI=1S/C19H15FN4OS/c1-13-3-2-4-14(11-13)12-24-19(25)23-10-9-21-18(17(23)22-24)26-16-7-5-15(20)6-8-16/h2-11H,12H2,1H3. The molecule has 0 radical (unpaired) electrons. The van der Waals surface area contributed by atoms with E-state index in [0.717, 1.165) is 16.0 Å². The molecule has 2 aromatic carbocycles. The summed E-state index contributed by atoms with van der Waals surface area (Å²) in [4.78, 5) is 17.8. The first-order valence-corrected chi connectivity index (χ1v) is 8.85. The monoisotopic (exact) mass is 366 g/mol. The van der Waals surface area contributed by atoms with Gasteiger partial charge in [0.25, 0.3) is 0 Å². The van der Waals surface area contributed by atoms with Crippen LogP contribution in [0.5, 0.6) is 0 Å². The Bertz CT molecular complexity index is 1130. The summed E-state index contributed by atoms with van der Waals surface area (Å²) in [6.45, 7) is 2.40. The van der Waals surface area contributed by atoms with Crippen LogP contribution in [0.4, 0.5) is 4.39 Å². The van der Waals surface area contributed by atoms with Gasteiger partial charge in [0, 0.05) is 17.3 Å². The Kier molecular flexibility index (Phi) is 4.30. The van der Waals surface area contributed by atoms with Crippen molar-refractivity contribution >= 4 is 17.4 Å². The van der Waals surface area contributed by atoms with Gasteiger partial charge in [-0.2, -0.15) is 0 Å². The van der Waals surface area contributed by atoms with Crippen molar-refractivity contribution in [2.45, 2.75) is 23.4 Å². The van der Waals surface area contributed by atoms with Crippen LogP contribution in [-0.2, 0) is 6.54 Å². The highest BCUT2D eigenvalue weighted by Gasteiger charge is 2.13. The Morgan fingerprint density at radius 2 is 1.96 bits per heavy atom. The van der Waals surface area contributed by atoms with Crippen molar-refractivity contribution in [3.8, 4) is 0 Å². The lowest BCUT2D eigenvalue weighted by atomic mass is 10.1. The molecule has 130 valence electrons. The third-order valence-electron chi connectivity index (χ3n) is 3.91. The van der Waals surface area contributed by atoms with E-state index in [-0.39, 0.29) is 11.5 Å².